The summed E-state index contributed by atoms with van der Waals surface area (Å²) in [6, 6.07) is 21.5. The Bertz CT molecular complexity index is 1080. The topological polar surface area (TPSA) is 57.8 Å². The summed E-state index contributed by atoms with van der Waals surface area (Å²) in [5.74, 6) is 0.730. The van der Waals surface area contributed by atoms with Crippen LogP contribution in [0.1, 0.15) is 21.5 Å². The molecule has 0 unspecified atom stereocenters. The van der Waals surface area contributed by atoms with Gasteiger partial charge in [-0.1, -0.05) is 30.3 Å². The van der Waals surface area contributed by atoms with Crippen LogP contribution in [0, 0.1) is 13.8 Å². The molecule has 26 heavy (non-hydrogen) atoms. The first-order valence-electron chi connectivity index (χ1n) is 8.54. The number of carbonyl (C=O) groups is 1. The minimum Gasteiger partial charge on any atom is -0.338 e. The van der Waals surface area contributed by atoms with Crippen LogP contribution in [0.25, 0.3) is 22.4 Å². The Balaban J connectivity index is 1.62. The molecule has 0 saturated carbocycles. The lowest BCUT2D eigenvalue weighted by Gasteiger charge is -2.11. The Kier molecular flexibility index (Phi) is 4.01. The number of imidazole rings is 1. The minimum atomic E-state index is -0.0947. The SMILES string of the molecule is Cc1cc(-c2nc3ccccc3[nH]2)ccc1NC(=O)c1ccccc1C. The summed E-state index contributed by atoms with van der Waals surface area (Å²) in [5.41, 5.74) is 6.39. The summed E-state index contributed by atoms with van der Waals surface area (Å²) in [4.78, 5) is 20.5. The molecule has 1 heterocycles. The summed E-state index contributed by atoms with van der Waals surface area (Å²) < 4.78 is 0. The number of hydrogen-bond donors (Lipinski definition) is 2. The molecule has 4 rings (SSSR count). The second-order valence-corrected chi connectivity index (χ2v) is 6.40. The van der Waals surface area contributed by atoms with Crippen molar-refractivity contribution in [1.29, 1.82) is 0 Å². The predicted molar refractivity (Wildman–Crippen MR) is 105 cm³/mol. The predicted octanol–water partition coefficient (Wildman–Crippen LogP) is 5.10. The molecule has 4 aromatic rings. The Morgan fingerprint density at radius 2 is 1.69 bits per heavy atom. The number of nitrogens with zero attached hydrogens (tertiary/aromatic N) is 1. The van der Waals surface area contributed by atoms with Gasteiger partial charge in [-0.3, -0.25) is 4.79 Å². The Labute approximate surface area is 151 Å². The van der Waals surface area contributed by atoms with Gasteiger partial charge in [0, 0.05) is 16.8 Å². The van der Waals surface area contributed by atoms with Gasteiger partial charge in [-0.15, -0.1) is 0 Å². The molecule has 0 atom stereocenters. The number of carbonyl (C=O) groups excluding carboxylic acids is 1. The summed E-state index contributed by atoms with van der Waals surface area (Å²) in [5, 5.41) is 3.00. The highest BCUT2D eigenvalue weighted by atomic mass is 16.1. The van der Waals surface area contributed by atoms with E-state index >= 15 is 0 Å². The van der Waals surface area contributed by atoms with E-state index in [9.17, 15) is 4.79 Å². The lowest BCUT2D eigenvalue weighted by molar-refractivity contribution is 0.102. The standard InChI is InChI=1S/C22H19N3O/c1-14-7-3-4-8-17(14)22(26)25-18-12-11-16(13-15(18)2)21-23-19-9-5-6-10-20(19)24-21/h3-13H,1-2H3,(H,23,24)(H,25,26). The molecule has 4 heteroatoms. The normalized spacial score (nSPS) is 10.8. The smallest absolute Gasteiger partial charge is 0.255 e. The first-order chi connectivity index (χ1) is 12.6. The number of hydrogen-bond acceptors (Lipinski definition) is 2. The van der Waals surface area contributed by atoms with Gasteiger partial charge in [0.2, 0.25) is 0 Å². The number of aromatic nitrogens is 2. The fourth-order valence-electron chi connectivity index (χ4n) is 3.06. The van der Waals surface area contributed by atoms with Crippen LogP contribution in [-0.2, 0) is 0 Å². The number of nitrogens with one attached hydrogen (secondary N) is 2. The van der Waals surface area contributed by atoms with E-state index in [0.717, 1.165) is 39.2 Å². The van der Waals surface area contributed by atoms with E-state index < -0.39 is 0 Å². The number of para-hydroxylation sites is 2. The molecule has 0 radical (unpaired) electrons. The highest BCUT2D eigenvalue weighted by Gasteiger charge is 2.11. The van der Waals surface area contributed by atoms with Crippen molar-refractivity contribution >= 4 is 22.6 Å². The summed E-state index contributed by atoms with van der Waals surface area (Å²) in [6.45, 7) is 3.92. The maximum atomic E-state index is 12.5. The largest absolute Gasteiger partial charge is 0.338 e. The van der Waals surface area contributed by atoms with Gasteiger partial charge in [0.1, 0.15) is 5.82 Å². The molecule has 0 aliphatic heterocycles. The maximum absolute atomic E-state index is 12.5. The molecule has 1 aromatic heterocycles. The highest BCUT2D eigenvalue weighted by molar-refractivity contribution is 6.05. The molecule has 0 aliphatic rings. The summed E-state index contributed by atoms with van der Waals surface area (Å²) in [6.07, 6.45) is 0. The van der Waals surface area contributed by atoms with Crippen molar-refractivity contribution in [2.45, 2.75) is 13.8 Å². The van der Waals surface area contributed by atoms with Crippen molar-refractivity contribution < 1.29 is 4.79 Å². The van der Waals surface area contributed by atoms with Crippen LogP contribution in [-0.4, -0.2) is 15.9 Å². The summed E-state index contributed by atoms with van der Waals surface area (Å²) in [7, 11) is 0. The number of benzene rings is 3. The molecule has 0 fully saturated rings. The average molecular weight is 341 g/mol. The average Bonchev–Trinajstić information content (AvgIpc) is 3.08. The van der Waals surface area contributed by atoms with Crippen molar-refractivity contribution in [2.24, 2.45) is 0 Å². The van der Waals surface area contributed by atoms with E-state index in [1.165, 1.54) is 0 Å². The third-order valence-corrected chi connectivity index (χ3v) is 4.53. The number of rotatable bonds is 3. The fraction of sp³-hybridized carbons (Fsp3) is 0.0909. The number of anilines is 1. The molecule has 0 bridgehead atoms. The maximum Gasteiger partial charge on any atom is 0.255 e. The minimum absolute atomic E-state index is 0.0947. The zero-order chi connectivity index (χ0) is 18.1. The van der Waals surface area contributed by atoms with E-state index in [1.807, 2.05) is 80.6 Å². The molecule has 128 valence electrons. The van der Waals surface area contributed by atoms with Crippen molar-refractivity contribution in [3.8, 4) is 11.4 Å². The molecule has 1 amide bonds. The van der Waals surface area contributed by atoms with Gasteiger partial charge in [-0.2, -0.15) is 0 Å². The number of aromatic amines is 1. The number of aryl methyl sites for hydroxylation is 2. The van der Waals surface area contributed by atoms with Crippen LogP contribution in [0.15, 0.2) is 66.7 Å². The van der Waals surface area contributed by atoms with Gasteiger partial charge in [0.25, 0.3) is 5.91 Å². The molecule has 0 aliphatic carbocycles. The highest BCUT2D eigenvalue weighted by Crippen LogP contribution is 2.25. The van der Waals surface area contributed by atoms with Crippen LogP contribution < -0.4 is 5.32 Å². The van der Waals surface area contributed by atoms with Gasteiger partial charge < -0.3 is 10.3 Å². The second kappa shape index (κ2) is 6.48. The van der Waals surface area contributed by atoms with Crippen LogP contribution >= 0.6 is 0 Å². The van der Waals surface area contributed by atoms with Crippen molar-refractivity contribution in [1.82, 2.24) is 9.97 Å². The first kappa shape index (κ1) is 16.1. The molecule has 0 spiro atoms. The van der Waals surface area contributed by atoms with E-state index in [1.54, 1.807) is 0 Å². The first-order valence-corrected chi connectivity index (χ1v) is 8.54. The van der Waals surface area contributed by atoms with Gasteiger partial charge in [0.15, 0.2) is 0 Å². The van der Waals surface area contributed by atoms with Gasteiger partial charge in [0.05, 0.1) is 11.0 Å². The third kappa shape index (κ3) is 2.97. The number of fused-ring (bicyclic) bond motifs is 1. The molecule has 2 N–H and O–H groups in total. The van der Waals surface area contributed by atoms with E-state index in [4.69, 9.17) is 0 Å². The second-order valence-electron chi connectivity index (χ2n) is 6.40. The van der Waals surface area contributed by atoms with Crippen molar-refractivity contribution in [3.63, 3.8) is 0 Å². The lowest BCUT2D eigenvalue weighted by atomic mass is 10.1. The van der Waals surface area contributed by atoms with Crippen LogP contribution in [0.5, 0.6) is 0 Å². The van der Waals surface area contributed by atoms with E-state index in [2.05, 4.69) is 15.3 Å². The molecule has 3 aromatic carbocycles. The Morgan fingerprint density at radius 1 is 0.923 bits per heavy atom. The van der Waals surface area contributed by atoms with Crippen molar-refractivity contribution in [2.75, 3.05) is 5.32 Å². The fourth-order valence-corrected chi connectivity index (χ4v) is 3.06. The van der Waals surface area contributed by atoms with Crippen LogP contribution in [0.4, 0.5) is 5.69 Å². The molecule has 4 nitrogen and oxygen atoms in total. The molecular formula is C22H19N3O. The lowest BCUT2D eigenvalue weighted by Crippen LogP contribution is -2.14. The third-order valence-electron chi connectivity index (χ3n) is 4.53. The quantitative estimate of drug-likeness (QED) is 0.545. The van der Waals surface area contributed by atoms with E-state index in [0.29, 0.717) is 5.56 Å². The number of amides is 1. The van der Waals surface area contributed by atoms with Crippen molar-refractivity contribution in [3.05, 3.63) is 83.4 Å². The Morgan fingerprint density at radius 3 is 2.46 bits per heavy atom. The van der Waals surface area contributed by atoms with Crippen LogP contribution in [0.2, 0.25) is 0 Å². The Hall–Kier alpha value is -3.40. The van der Waals surface area contributed by atoms with Gasteiger partial charge in [-0.25, -0.2) is 4.98 Å². The monoisotopic (exact) mass is 341 g/mol. The number of H-pyrrole nitrogens is 1. The van der Waals surface area contributed by atoms with Gasteiger partial charge in [-0.05, 0) is 61.4 Å². The zero-order valence-electron chi connectivity index (χ0n) is 14.7. The van der Waals surface area contributed by atoms with Crippen LogP contribution in [0.3, 0.4) is 0 Å². The van der Waals surface area contributed by atoms with E-state index in [-0.39, 0.29) is 5.91 Å². The molecule has 0 saturated heterocycles. The summed E-state index contributed by atoms with van der Waals surface area (Å²) >= 11 is 0. The molecular weight excluding hydrogens is 322 g/mol. The van der Waals surface area contributed by atoms with Gasteiger partial charge >= 0.3 is 0 Å². The zero-order valence-corrected chi connectivity index (χ0v) is 14.7.